The molecule has 0 fully saturated rings. The van der Waals surface area contributed by atoms with Crippen molar-refractivity contribution in [2.45, 2.75) is 6.92 Å². The molecule has 0 rings (SSSR count). The van der Waals surface area contributed by atoms with Crippen LogP contribution in [0.1, 0.15) is 6.92 Å². The highest BCUT2D eigenvalue weighted by atomic mass is 32.2. The first-order valence-corrected chi connectivity index (χ1v) is 6.20. The second-order valence-corrected chi connectivity index (χ2v) is 5.20. The van der Waals surface area contributed by atoms with Gasteiger partial charge in [0.05, 0.1) is 11.6 Å². The fourth-order valence-corrected chi connectivity index (χ4v) is 2.69. The van der Waals surface area contributed by atoms with Crippen LogP contribution in [0.2, 0.25) is 0 Å². The Morgan fingerprint density at radius 2 is 2.14 bits per heavy atom. The summed E-state index contributed by atoms with van der Waals surface area (Å²) in [6.45, 7) is 2.85. The second-order valence-electron chi connectivity index (χ2n) is 2.71. The van der Waals surface area contributed by atoms with Gasteiger partial charge < -0.3 is 10.5 Å². The molecule has 84 valence electrons. The summed E-state index contributed by atoms with van der Waals surface area (Å²) in [6, 6.07) is 0. The van der Waals surface area contributed by atoms with Crippen molar-refractivity contribution in [2.24, 2.45) is 5.73 Å². The Morgan fingerprint density at radius 1 is 1.57 bits per heavy atom. The fraction of sp³-hybridized carbons (Fsp3) is 0.857. The van der Waals surface area contributed by atoms with Gasteiger partial charge in [-0.25, -0.2) is 8.42 Å². The highest BCUT2D eigenvalue weighted by Gasteiger charge is 2.20. The van der Waals surface area contributed by atoms with Gasteiger partial charge in [-0.15, -0.1) is 0 Å². The average Bonchev–Trinajstić information content (AvgIpc) is 2.02. The molecule has 0 bridgehead atoms. The van der Waals surface area contributed by atoms with Crippen LogP contribution in [0.5, 0.6) is 0 Å². The lowest BCUT2D eigenvalue weighted by molar-refractivity contribution is 0.180. The summed E-state index contributed by atoms with van der Waals surface area (Å²) in [7, 11) is -1.83. The van der Waals surface area contributed by atoms with E-state index in [2.05, 4.69) is 12.2 Å². The van der Waals surface area contributed by atoms with E-state index in [1.165, 1.54) is 11.4 Å². The molecule has 7 heteroatoms. The molecular formula is C7H16N2O3S2. The average molecular weight is 240 g/mol. The molecule has 0 aliphatic rings. The van der Waals surface area contributed by atoms with Gasteiger partial charge in [0.25, 0.3) is 0 Å². The number of hydrogen-bond acceptors (Lipinski definition) is 4. The maximum atomic E-state index is 11.6. The van der Waals surface area contributed by atoms with Gasteiger partial charge in [0, 0.05) is 20.2 Å². The molecule has 0 aliphatic heterocycles. The van der Waals surface area contributed by atoms with E-state index in [0.29, 0.717) is 19.7 Å². The minimum Gasteiger partial charge on any atom is -0.392 e. The number of hydrogen-bond donors (Lipinski definition) is 1. The normalized spacial score (nSPS) is 11.9. The Bertz CT molecular complexity index is 277. The van der Waals surface area contributed by atoms with Crippen molar-refractivity contribution in [3.63, 3.8) is 0 Å². The third kappa shape index (κ3) is 4.85. The molecule has 0 heterocycles. The van der Waals surface area contributed by atoms with Crippen molar-refractivity contribution < 1.29 is 13.2 Å². The maximum Gasteiger partial charge on any atom is 0.220 e. The Kier molecular flexibility index (Phi) is 6.17. The van der Waals surface area contributed by atoms with Crippen LogP contribution in [0.3, 0.4) is 0 Å². The summed E-state index contributed by atoms with van der Waals surface area (Å²) in [4.78, 5) is -0.0131. The third-order valence-corrected chi connectivity index (χ3v) is 3.85. The van der Waals surface area contributed by atoms with Gasteiger partial charge in [0.2, 0.25) is 10.0 Å². The molecule has 0 saturated heterocycles. The zero-order valence-corrected chi connectivity index (χ0v) is 10.0. The van der Waals surface area contributed by atoms with Crippen molar-refractivity contribution in [1.82, 2.24) is 4.31 Å². The molecule has 5 nitrogen and oxygen atoms in total. The van der Waals surface area contributed by atoms with Crippen LogP contribution in [0.4, 0.5) is 0 Å². The van der Waals surface area contributed by atoms with Crippen molar-refractivity contribution in [2.75, 3.05) is 32.6 Å². The number of sulfonamides is 1. The quantitative estimate of drug-likeness (QED) is 0.611. The highest BCUT2D eigenvalue weighted by molar-refractivity contribution is 7.92. The van der Waals surface area contributed by atoms with E-state index in [9.17, 15) is 8.42 Å². The van der Waals surface area contributed by atoms with E-state index in [1.807, 2.05) is 0 Å². The van der Waals surface area contributed by atoms with Crippen LogP contribution in [-0.2, 0) is 14.8 Å². The lowest BCUT2D eigenvalue weighted by atomic mass is 10.6. The number of rotatable bonds is 7. The van der Waals surface area contributed by atoms with Crippen molar-refractivity contribution in [3.8, 4) is 0 Å². The molecule has 2 N–H and O–H groups in total. The molecule has 14 heavy (non-hydrogen) atoms. The predicted molar refractivity (Wildman–Crippen MR) is 59.7 cm³/mol. The molecule has 0 unspecified atom stereocenters. The number of nitrogens with zero attached hydrogens (tertiary/aromatic N) is 1. The van der Waals surface area contributed by atoms with Crippen molar-refractivity contribution in [3.05, 3.63) is 0 Å². The van der Waals surface area contributed by atoms with Gasteiger partial charge in [-0.1, -0.05) is 19.1 Å². The fourth-order valence-electron chi connectivity index (χ4n) is 0.958. The summed E-state index contributed by atoms with van der Waals surface area (Å²) in [5.41, 5.74) is 5.19. The number of nitrogens with two attached hydrogens (primary N) is 1. The maximum absolute atomic E-state index is 11.6. The Labute approximate surface area is 90.3 Å². The molecule has 0 atom stereocenters. The first-order valence-electron chi connectivity index (χ1n) is 4.19. The summed E-state index contributed by atoms with van der Waals surface area (Å²) in [5.74, 6) is -0.278. The summed E-state index contributed by atoms with van der Waals surface area (Å²) in [6.07, 6.45) is 0. The molecule has 0 saturated carbocycles. The van der Waals surface area contributed by atoms with Gasteiger partial charge in [-0.2, -0.15) is 4.31 Å². The Balaban J connectivity index is 4.41. The zero-order chi connectivity index (χ0) is 11.2. The van der Waals surface area contributed by atoms with Crippen LogP contribution >= 0.6 is 12.2 Å². The molecule has 0 aromatic carbocycles. The van der Waals surface area contributed by atoms with Crippen LogP contribution in [-0.4, -0.2) is 50.3 Å². The molecule has 0 spiro atoms. The number of likely N-dealkylation sites (N-methyl/N-ethyl adjacent to an activating group) is 1. The minimum absolute atomic E-state index is 0.0131. The van der Waals surface area contributed by atoms with E-state index in [1.54, 1.807) is 6.92 Å². The molecule has 0 radical (unpaired) electrons. The predicted octanol–water partition coefficient (Wildman–Crippen LogP) is -0.429. The summed E-state index contributed by atoms with van der Waals surface area (Å²) in [5, 5.41) is 0. The van der Waals surface area contributed by atoms with E-state index in [-0.39, 0.29) is 10.7 Å². The highest BCUT2D eigenvalue weighted by Crippen LogP contribution is 2.00. The van der Waals surface area contributed by atoms with Gasteiger partial charge >= 0.3 is 0 Å². The standard InChI is InChI=1S/C7H16N2O3S2/c1-3-9(4-5-12-2)14(10,11)6-7(8)13/h3-6H2,1-2H3,(H2,8,13). The minimum atomic E-state index is -3.36. The smallest absolute Gasteiger partial charge is 0.220 e. The lowest BCUT2D eigenvalue weighted by Crippen LogP contribution is -2.38. The van der Waals surface area contributed by atoms with E-state index in [4.69, 9.17) is 10.5 Å². The molecular weight excluding hydrogens is 224 g/mol. The Morgan fingerprint density at radius 3 is 2.50 bits per heavy atom. The zero-order valence-electron chi connectivity index (χ0n) is 8.39. The molecule has 0 aromatic heterocycles. The lowest BCUT2D eigenvalue weighted by Gasteiger charge is -2.19. The first kappa shape index (κ1) is 13.8. The van der Waals surface area contributed by atoms with Gasteiger partial charge in [-0.05, 0) is 0 Å². The number of ether oxygens (including phenoxy) is 1. The van der Waals surface area contributed by atoms with Crippen LogP contribution in [0, 0.1) is 0 Å². The monoisotopic (exact) mass is 240 g/mol. The second kappa shape index (κ2) is 6.28. The third-order valence-electron chi connectivity index (χ3n) is 1.62. The Hall–Kier alpha value is -0.240. The van der Waals surface area contributed by atoms with Crippen LogP contribution < -0.4 is 5.73 Å². The van der Waals surface area contributed by atoms with E-state index >= 15 is 0 Å². The SMILES string of the molecule is CCN(CCOC)S(=O)(=O)CC(N)=S. The number of thiocarbonyl (C=S) groups is 1. The van der Waals surface area contributed by atoms with Gasteiger partial charge in [0.15, 0.2) is 0 Å². The first-order chi connectivity index (χ1) is 6.44. The van der Waals surface area contributed by atoms with Crippen molar-refractivity contribution >= 4 is 27.2 Å². The topological polar surface area (TPSA) is 72.6 Å². The largest absolute Gasteiger partial charge is 0.392 e. The number of methoxy groups -OCH3 is 1. The van der Waals surface area contributed by atoms with Gasteiger partial charge in [0.1, 0.15) is 5.75 Å². The molecule has 0 aromatic rings. The summed E-state index contributed by atoms with van der Waals surface area (Å²) >= 11 is 4.56. The van der Waals surface area contributed by atoms with Gasteiger partial charge in [-0.3, -0.25) is 0 Å². The molecule has 0 aliphatic carbocycles. The van der Waals surface area contributed by atoms with Crippen molar-refractivity contribution in [1.29, 1.82) is 0 Å². The summed E-state index contributed by atoms with van der Waals surface area (Å²) < 4.78 is 29.3. The van der Waals surface area contributed by atoms with E-state index < -0.39 is 10.0 Å². The van der Waals surface area contributed by atoms with Crippen LogP contribution in [0.25, 0.3) is 0 Å². The van der Waals surface area contributed by atoms with Crippen LogP contribution in [0.15, 0.2) is 0 Å². The van der Waals surface area contributed by atoms with E-state index in [0.717, 1.165) is 0 Å². The molecule has 0 amide bonds.